The highest BCUT2D eigenvalue weighted by Crippen LogP contribution is 2.11. The summed E-state index contributed by atoms with van der Waals surface area (Å²) in [4.78, 5) is 0. The summed E-state index contributed by atoms with van der Waals surface area (Å²) in [5, 5.41) is 3.59. The molecule has 0 amide bonds. The van der Waals surface area contributed by atoms with E-state index >= 15 is 0 Å². The van der Waals surface area contributed by atoms with E-state index in [1.54, 1.807) is 0 Å². The van der Waals surface area contributed by atoms with Gasteiger partial charge in [-0.15, -0.1) is 0 Å². The van der Waals surface area contributed by atoms with E-state index in [2.05, 4.69) is 46.9 Å². The van der Waals surface area contributed by atoms with Crippen molar-refractivity contribution >= 4 is 0 Å². The average molecular weight is 229 g/mol. The van der Waals surface area contributed by atoms with Gasteiger partial charge in [0.15, 0.2) is 0 Å². The standard InChI is InChI=1S/C14H31NO/c1-7-9-15-14(12(5)8-2)10-16-13(6)11(3)4/h11-15H,7-10H2,1-6H3. The normalized spacial score (nSPS) is 17.4. The quantitative estimate of drug-likeness (QED) is 0.654. The van der Waals surface area contributed by atoms with Crippen LogP contribution in [0.4, 0.5) is 0 Å². The summed E-state index contributed by atoms with van der Waals surface area (Å²) < 4.78 is 5.92. The Morgan fingerprint density at radius 2 is 1.69 bits per heavy atom. The lowest BCUT2D eigenvalue weighted by atomic mass is 9.99. The Labute approximate surface area is 102 Å². The monoisotopic (exact) mass is 229 g/mol. The summed E-state index contributed by atoms with van der Waals surface area (Å²) in [6, 6.07) is 0.506. The first-order chi connectivity index (χ1) is 7.52. The lowest BCUT2D eigenvalue weighted by Crippen LogP contribution is -2.40. The largest absolute Gasteiger partial charge is 0.377 e. The highest BCUT2D eigenvalue weighted by Gasteiger charge is 2.17. The predicted molar refractivity (Wildman–Crippen MR) is 71.8 cm³/mol. The van der Waals surface area contributed by atoms with Crippen LogP contribution < -0.4 is 5.32 Å². The molecule has 0 saturated carbocycles. The molecule has 0 aromatic heterocycles. The van der Waals surface area contributed by atoms with Gasteiger partial charge < -0.3 is 10.1 Å². The molecule has 2 nitrogen and oxygen atoms in total. The fraction of sp³-hybridized carbons (Fsp3) is 1.00. The molecule has 0 rings (SSSR count). The van der Waals surface area contributed by atoms with Crippen LogP contribution in [-0.2, 0) is 4.74 Å². The summed E-state index contributed by atoms with van der Waals surface area (Å²) in [5.74, 6) is 1.29. The van der Waals surface area contributed by atoms with Gasteiger partial charge in [-0.1, -0.05) is 41.0 Å². The van der Waals surface area contributed by atoms with Gasteiger partial charge in [-0.05, 0) is 31.7 Å². The first-order valence-corrected chi connectivity index (χ1v) is 6.87. The van der Waals surface area contributed by atoms with Gasteiger partial charge in [0.25, 0.3) is 0 Å². The highest BCUT2D eigenvalue weighted by atomic mass is 16.5. The van der Waals surface area contributed by atoms with Gasteiger partial charge in [-0.3, -0.25) is 0 Å². The van der Waals surface area contributed by atoms with E-state index < -0.39 is 0 Å². The Bertz CT molecular complexity index is 159. The van der Waals surface area contributed by atoms with E-state index in [9.17, 15) is 0 Å². The van der Waals surface area contributed by atoms with Crippen LogP contribution in [0.25, 0.3) is 0 Å². The molecular formula is C14H31NO. The van der Waals surface area contributed by atoms with Crippen LogP contribution in [0.15, 0.2) is 0 Å². The van der Waals surface area contributed by atoms with E-state index in [0.29, 0.717) is 24.0 Å². The Balaban J connectivity index is 4.00. The van der Waals surface area contributed by atoms with Crippen molar-refractivity contribution in [2.45, 2.75) is 66.5 Å². The van der Waals surface area contributed by atoms with Crippen molar-refractivity contribution in [1.29, 1.82) is 0 Å². The molecule has 2 heteroatoms. The maximum atomic E-state index is 5.92. The summed E-state index contributed by atoms with van der Waals surface area (Å²) in [5.41, 5.74) is 0. The van der Waals surface area contributed by atoms with E-state index in [1.165, 1.54) is 12.8 Å². The van der Waals surface area contributed by atoms with Crippen LogP contribution in [0.5, 0.6) is 0 Å². The third kappa shape index (κ3) is 6.49. The highest BCUT2D eigenvalue weighted by molar-refractivity contribution is 4.72. The molecule has 0 saturated heterocycles. The topological polar surface area (TPSA) is 21.3 Å². The van der Waals surface area contributed by atoms with Crippen LogP contribution in [-0.4, -0.2) is 25.3 Å². The Hall–Kier alpha value is -0.0800. The number of hydrogen-bond donors (Lipinski definition) is 1. The van der Waals surface area contributed by atoms with E-state index in [1.807, 2.05) is 0 Å². The fourth-order valence-corrected chi connectivity index (χ4v) is 1.49. The molecule has 98 valence electrons. The third-order valence-corrected chi connectivity index (χ3v) is 3.46. The molecule has 0 heterocycles. The molecule has 3 unspecified atom stereocenters. The first-order valence-electron chi connectivity index (χ1n) is 6.87. The molecule has 0 radical (unpaired) electrons. The lowest BCUT2D eigenvalue weighted by molar-refractivity contribution is 0.0136. The first kappa shape index (κ1) is 15.9. The maximum absolute atomic E-state index is 5.92. The summed E-state index contributed by atoms with van der Waals surface area (Å²) >= 11 is 0. The van der Waals surface area contributed by atoms with Crippen molar-refractivity contribution in [3.8, 4) is 0 Å². The minimum Gasteiger partial charge on any atom is -0.377 e. The number of hydrogen-bond acceptors (Lipinski definition) is 2. The molecule has 1 N–H and O–H groups in total. The van der Waals surface area contributed by atoms with Gasteiger partial charge in [-0.25, -0.2) is 0 Å². The molecule has 0 bridgehead atoms. The zero-order chi connectivity index (χ0) is 12.6. The van der Waals surface area contributed by atoms with Crippen molar-refractivity contribution in [3.63, 3.8) is 0 Å². The van der Waals surface area contributed by atoms with Crippen LogP contribution in [0.2, 0.25) is 0 Å². The minimum absolute atomic E-state index is 0.356. The van der Waals surface area contributed by atoms with E-state index in [-0.39, 0.29) is 0 Å². The van der Waals surface area contributed by atoms with Crippen LogP contribution >= 0.6 is 0 Å². The molecule has 0 aromatic rings. The lowest BCUT2D eigenvalue weighted by Gasteiger charge is -2.27. The zero-order valence-electron chi connectivity index (χ0n) is 12.0. The molecule has 0 aliphatic rings. The van der Waals surface area contributed by atoms with Crippen molar-refractivity contribution in [1.82, 2.24) is 5.32 Å². The predicted octanol–water partition coefficient (Wildman–Crippen LogP) is 3.46. The van der Waals surface area contributed by atoms with Gasteiger partial charge in [0.2, 0.25) is 0 Å². The maximum Gasteiger partial charge on any atom is 0.0625 e. The molecular weight excluding hydrogens is 198 g/mol. The molecule has 0 spiro atoms. The van der Waals surface area contributed by atoms with Gasteiger partial charge in [0, 0.05) is 6.04 Å². The third-order valence-electron chi connectivity index (χ3n) is 3.46. The van der Waals surface area contributed by atoms with E-state index in [0.717, 1.165) is 13.2 Å². The van der Waals surface area contributed by atoms with Crippen molar-refractivity contribution in [3.05, 3.63) is 0 Å². The molecule has 16 heavy (non-hydrogen) atoms. The Kier molecular flexibility index (Phi) is 8.96. The summed E-state index contributed by atoms with van der Waals surface area (Å²) in [7, 11) is 0. The Morgan fingerprint density at radius 1 is 1.06 bits per heavy atom. The van der Waals surface area contributed by atoms with Crippen LogP contribution in [0.1, 0.15) is 54.4 Å². The Morgan fingerprint density at radius 3 is 2.12 bits per heavy atom. The second-order valence-corrected chi connectivity index (χ2v) is 5.23. The smallest absolute Gasteiger partial charge is 0.0625 e. The molecule has 0 aliphatic heterocycles. The van der Waals surface area contributed by atoms with E-state index in [4.69, 9.17) is 4.74 Å². The van der Waals surface area contributed by atoms with Gasteiger partial charge >= 0.3 is 0 Å². The van der Waals surface area contributed by atoms with Gasteiger partial charge in [0.05, 0.1) is 12.7 Å². The van der Waals surface area contributed by atoms with Crippen LogP contribution in [0.3, 0.4) is 0 Å². The second-order valence-electron chi connectivity index (χ2n) is 5.23. The molecule has 0 aliphatic carbocycles. The van der Waals surface area contributed by atoms with Gasteiger partial charge in [-0.2, -0.15) is 0 Å². The van der Waals surface area contributed by atoms with Crippen molar-refractivity contribution in [2.75, 3.05) is 13.2 Å². The van der Waals surface area contributed by atoms with Crippen molar-refractivity contribution < 1.29 is 4.74 Å². The van der Waals surface area contributed by atoms with Crippen LogP contribution in [0, 0.1) is 11.8 Å². The molecule has 3 atom stereocenters. The summed E-state index contributed by atoms with van der Waals surface area (Å²) in [6.45, 7) is 15.3. The number of rotatable bonds is 9. The zero-order valence-corrected chi connectivity index (χ0v) is 12.0. The fourth-order valence-electron chi connectivity index (χ4n) is 1.49. The number of ether oxygens (including phenoxy) is 1. The average Bonchev–Trinajstić information content (AvgIpc) is 2.27. The summed E-state index contributed by atoms with van der Waals surface area (Å²) in [6.07, 6.45) is 2.75. The van der Waals surface area contributed by atoms with Crippen molar-refractivity contribution in [2.24, 2.45) is 11.8 Å². The second kappa shape index (κ2) is 9.00. The van der Waals surface area contributed by atoms with Gasteiger partial charge in [0.1, 0.15) is 0 Å². The minimum atomic E-state index is 0.356. The molecule has 0 fully saturated rings. The SMILES string of the molecule is CCCNC(COC(C)C(C)C)C(C)CC. The molecule has 0 aromatic carbocycles. The number of nitrogens with one attached hydrogen (secondary N) is 1.